The molecule has 0 aliphatic rings. The first-order chi connectivity index (χ1) is 18.1. The molecule has 3 aromatic rings. The van der Waals surface area contributed by atoms with E-state index in [0.717, 1.165) is 27.3 Å². The fourth-order valence-corrected chi connectivity index (χ4v) is 4.80. The molecule has 2 amide bonds. The lowest BCUT2D eigenvalue weighted by atomic mass is 10.0. The van der Waals surface area contributed by atoms with Crippen molar-refractivity contribution in [2.24, 2.45) is 5.92 Å². The van der Waals surface area contributed by atoms with Crippen molar-refractivity contribution in [3.05, 3.63) is 108 Å². The van der Waals surface area contributed by atoms with Crippen LogP contribution in [0.1, 0.15) is 30.5 Å². The first-order valence-corrected chi connectivity index (χ1v) is 14.6. The molecule has 0 fully saturated rings. The number of carbonyl (C=O) groups is 2. The number of carbonyl (C=O) groups excluding carboxylic acids is 2. The molecule has 0 bridgehead atoms. The Labute approximate surface area is 226 Å². The van der Waals surface area contributed by atoms with Crippen molar-refractivity contribution in [2.45, 2.75) is 39.4 Å². The predicted molar refractivity (Wildman–Crippen MR) is 150 cm³/mol. The maximum atomic E-state index is 13.9. The largest absolute Gasteiger partial charge is 0.354 e. The van der Waals surface area contributed by atoms with Crippen LogP contribution in [0.25, 0.3) is 0 Å². The average Bonchev–Trinajstić information content (AvgIpc) is 2.90. The lowest BCUT2D eigenvalue weighted by molar-refractivity contribution is -0.141. The number of hydrogen-bond donors (Lipinski definition) is 1. The van der Waals surface area contributed by atoms with Crippen LogP contribution in [0.2, 0.25) is 0 Å². The Morgan fingerprint density at radius 1 is 0.763 bits per heavy atom. The molecule has 38 heavy (non-hydrogen) atoms. The van der Waals surface area contributed by atoms with Crippen molar-refractivity contribution >= 4 is 21.8 Å². The van der Waals surface area contributed by atoms with Crippen LogP contribution in [-0.4, -0.2) is 54.8 Å². The van der Waals surface area contributed by atoms with Gasteiger partial charge in [0.05, 0.1) is 12.8 Å². The molecule has 202 valence electrons. The van der Waals surface area contributed by atoms with Crippen LogP contribution in [0.3, 0.4) is 0 Å². The summed E-state index contributed by atoms with van der Waals surface area (Å²) in [6.07, 6.45) is 1.41. The van der Waals surface area contributed by atoms with Crippen molar-refractivity contribution in [1.82, 2.24) is 14.5 Å². The smallest absolute Gasteiger partial charge is 0.243 e. The van der Waals surface area contributed by atoms with Crippen molar-refractivity contribution in [2.75, 3.05) is 19.3 Å². The minimum absolute atomic E-state index is 0.0630. The third kappa shape index (κ3) is 9.11. The van der Waals surface area contributed by atoms with Gasteiger partial charge in [0.25, 0.3) is 0 Å². The number of amides is 2. The monoisotopic (exact) mass is 535 g/mol. The summed E-state index contributed by atoms with van der Waals surface area (Å²) in [6, 6.07) is 27.3. The van der Waals surface area contributed by atoms with E-state index in [1.54, 1.807) is 0 Å². The zero-order valence-electron chi connectivity index (χ0n) is 22.3. The van der Waals surface area contributed by atoms with Gasteiger partial charge in [0, 0.05) is 26.1 Å². The molecule has 8 heteroatoms. The van der Waals surface area contributed by atoms with Gasteiger partial charge < -0.3 is 10.2 Å². The third-order valence-corrected chi connectivity index (χ3v) is 7.33. The summed E-state index contributed by atoms with van der Waals surface area (Å²) in [7, 11) is -3.71. The highest BCUT2D eigenvalue weighted by atomic mass is 32.2. The molecule has 3 rings (SSSR count). The van der Waals surface area contributed by atoms with Crippen molar-refractivity contribution in [3.63, 3.8) is 0 Å². The van der Waals surface area contributed by atoms with Gasteiger partial charge in [-0.15, -0.1) is 0 Å². The zero-order valence-corrected chi connectivity index (χ0v) is 23.1. The van der Waals surface area contributed by atoms with Crippen LogP contribution in [0.15, 0.2) is 91.0 Å². The summed E-state index contributed by atoms with van der Waals surface area (Å²) in [5.41, 5.74) is 2.53. The second-order valence-corrected chi connectivity index (χ2v) is 11.9. The maximum Gasteiger partial charge on any atom is 0.243 e. The molecule has 1 atom stereocenters. The molecule has 0 radical (unpaired) electrons. The maximum absolute atomic E-state index is 13.9. The van der Waals surface area contributed by atoms with Gasteiger partial charge in [-0.25, -0.2) is 8.42 Å². The fourth-order valence-electron chi connectivity index (χ4n) is 4.08. The predicted octanol–water partition coefficient (Wildman–Crippen LogP) is 3.86. The zero-order chi connectivity index (χ0) is 27.5. The van der Waals surface area contributed by atoms with Gasteiger partial charge in [-0.3, -0.25) is 9.59 Å². The van der Waals surface area contributed by atoms with Crippen molar-refractivity contribution in [1.29, 1.82) is 0 Å². The van der Waals surface area contributed by atoms with Crippen LogP contribution in [0, 0.1) is 5.92 Å². The van der Waals surface area contributed by atoms with E-state index in [2.05, 4.69) is 5.32 Å². The van der Waals surface area contributed by atoms with Gasteiger partial charge in [0.15, 0.2) is 0 Å². The lowest BCUT2D eigenvalue weighted by Crippen LogP contribution is -2.53. The normalized spacial score (nSPS) is 12.3. The molecule has 0 saturated carbocycles. The van der Waals surface area contributed by atoms with E-state index in [0.29, 0.717) is 13.0 Å². The summed E-state index contributed by atoms with van der Waals surface area (Å²) in [5, 5.41) is 2.98. The summed E-state index contributed by atoms with van der Waals surface area (Å²) < 4.78 is 26.6. The Hall–Kier alpha value is -3.49. The van der Waals surface area contributed by atoms with Crippen molar-refractivity contribution in [3.8, 4) is 0 Å². The molecule has 0 heterocycles. The lowest BCUT2D eigenvalue weighted by Gasteiger charge is -2.33. The summed E-state index contributed by atoms with van der Waals surface area (Å²) in [4.78, 5) is 28.9. The fraction of sp³-hybridized carbons (Fsp3) is 0.333. The third-order valence-electron chi connectivity index (χ3n) is 6.13. The Morgan fingerprint density at radius 3 is 1.71 bits per heavy atom. The molecule has 0 unspecified atom stereocenters. The van der Waals surface area contributed by atoms with E-state index in [4.69, 9.17) is 0 Å². The molecular formula is C30H37N3O4S. The second kappa shape index (κ2) is 13.9. The molecule has 0 aliphatic heterocycles. The molecule has 3 aromatic carbocycles. The molecular weight excluding hydrogens is 498 g/mol. The average molecular weight is 536 g/mol. The number of hydrogen-bond acceptors (Lipinski definition) is 4. The number of benzene rings is 3. The molecule has 1 N–H and O–H groups in total. The highest BCUT2D eigenvalue weighted by Gasteiger charge is 2.32. The van der Waals surface area contributed by atoms with E-state index in [-0.39, 0.29) is 31.5 Å². The van der Waals surface area contributed by atoms with Gasteiger partial charge in [-0.1, -0.05) is 105 Å². The Balaban J connectivity index is 1.96. The van der Waals surface area contributed by atoms with E-state index in [9.17, 15) is 18.0 Å². The highest BCUT2D eigenvalue weighted by Crippen LogP contribution is 2.17. The van der Waals surface area contributed by atoms with E-state index in [1.807, 2.05) is 105 Å². The van der Waals surface area contributed by atoms with Gasteiger partial charge in [0.2, 0.25) is 21.8 Å². The van der Waals surface area contributed by atoms with E-state index in [1.165, 1.54) is 4.90 Å². The van der Waals surface area contributed by atoms with Crippen molar-refractivity contribution < 1.29 is 18.0 Å². The van der Waals surface area contributed by atoms with Crippen LogP contribution >= 0.6 is 0 Å². The first kappa shape index (κ1) is 29.1. The Bertz CT molecular complexity index is 1270. The summed E-state index contributed by atoms with van der Waals surface area (Å²) in [5.74, 6) is -0.460. The second-order valence-electron chi connectivity index (χ2n) is 9.87. The van der Waals surface area contributed by atoms with Gasteiger partial charge >= 0.3 is 0 Å². The molecule has 0 saturated heterocycles. The number of nitrogens with zero attached hydrogens (tertiary/aromatic N) is 2. The number of rotatable bonds is 13. The van der Waals surface area contributed by atoms with E-state index < -0.39 is 22.0 Å². The quantitative estimate of drug-likeness (QED) is 0.360. The van der Waals surface area contributed by atoms with Gasteiger partial charge in [-0.05, 0) is 22.6 Å². The SMILES string of the molecule is CC(C)CNC(=O)[C@H](Cc1ccccc1)N(Cc1ccccc1)C(=O)CN(Cc1ccccc1)S(C)(=O)=O. The Morgan fingerprint density at radius 2 is 1.24 bits per heavy atom. The van der Waals surface area contributed by atoms with Crippen LogP contribution in [0.4, 0.5) is 0 Å². The number of sulfonamides is 1. The highest BCUT2D eigenvalue weighted by molar-refractivity contribution is 7.88. The topological polar surface area (TPSA) is 86.8 Å². The van der Waals surface area contributed by atoms with E-state index >= 15 is 0 Å². The van der Waals surface area contributed by atoms with Crippen LogP contribution in [-0.2, 0) is 39.1 Å². The van der Waals surface area contributed by atoms with Gasteiger partial charge in [0.1, 0.15) is 6.04 Å². The van der Waals surface area contributed by atoms with Gasteiger partial charge in [-0.2, -0.15) is 4.31 Å². The molecule has 0 aliphatic carbocycles. The number of nitrogens with one attached hydrogen (secondary N) is 1. The van der Waals surface area contributed by atoms with Crippen LogP contribution in [0.5, 0.6) is 0 Å². The molecule has 7 nitrogen and oxygen atoms in total. The molecule has 0 aromatic heterocycles. The summed E-state index contributed by atoms with van der Waals surface area (Å²) >= 11 is 0. The van der Waals surface area contributed by atoms with Crippen LogP contribution < -0.4 is 5.32 Å². The standard InChI is InChI=1S/C30H37N3O4S/c1-24(2)20-31-30(35)28(19-25-13-7-4-8-14-25)33(22-27-17-11-6-12-18-27)29(34)23-32(38(3,36)37)21-26-15-9-5-10-16-26/h4-18,24,28H,19-23H2,1-3H3,(H,31,35)/t28-/m0/s1. The summed E-state index contributed by atoms with van der Waals surface area (Å²) in [6.45, 7) is 4.35. The Kier molecular flexibility index (Phi) is 10.6. The minimum Gasteiger partial charge on any atom is -0.354 e. The minimum atomic E-state index is -3.71. The first-order valence-electron chi connectivity index (χ1n) is 12.8. The molecule has 0 spiro atoms.